The first-order chi connectivity index (χ1) is 2.27. The van der Waals surface area contributed by atoms with Crippen LogP contribution < -0.4 is 5.73 Å². The zero-order valence-corrected chi connectivity index (χ0v) is 4.49. The van der Waals surface area contributed by atoms with Crippen molar-refractivity contribution in [1.82, 2.24) is 0 Å². The predicted octanol–water partition coefficient (Wildman–Crippen LogP) is -0.745. The fraction of sp³-hybridized carbons (Fsp3) is 0. The van der Waals surface area contributed by atoms with Gasteiger partial charge in [-0.05, 0) is 6.08 Å². The van der Waals surface area contributed by atoms with Gasteiger partial charge < -0.3 is 11.2 Å². The third kappa shape index (κ3) is 30.7. The molecule has 0 fully saturated rings. The van der Waals surface area contributed by atoms with Crippen LogP contribution in [-0.4, -0.2) is 11.4 Å². The summed E-state index contributed by atoms with van der Waals surface area (Å²) in [5.41, 5.74) is 4.53. The summed E-state index contributed by atoms with van der Waals surface area (Å²) in [6.07, 6.45) is 1.06. The summed E-state index contributed by atoms with van der Waals surface area (Å²) in [6.45, 7) is 3.09. The molecule has 0 rings (SSSR count). The van der Waals surface area contributed by atoms with Gasteiger partial charge in [-0.25, -0.2) is 0 Å². The molecule has 0 aromatic rings. The van der Waals surface area contributed by atoms with Gasteiger partial charge >= 0.3 is 0 Å². The fourth-order valence-corrected chi connectivity index (χ4v) is 0. The van der Waals surface area contributed by atoms with E-state index in [-0.39, 0.29) is 17.9 Å². The van der Waals surface area contributed by atoms with Crippen molar-refractivity contribution in [2.75, 3.05) is 0 Å². The molecule has 0 unspecified atom stereocenters. The highest BCUT2D eigenvalue weighted by Gasteiger charge is 1.69. The molecular weight excluding hydrogens is 117 g/mol. The Kier molecular flexibility index (Phi) is 20.8. The van der Waals surface area contributed by atoms with Crippen LogP contribution in [0.5, 0.6) is 0 Å². The molecule has 44 valence electrons. The fourth-order valence-electron chi connectivity index (χ4n) is 0. The topological polar surface area (TPSA) is 74.6 Å². The van der Waals surface area contributed by atoms with Crippen LogP contribution in [0.15, 0.2) is 12.7 Å². The molecule has 7 heavy (non-hydrogen) atoms. The van der Waals surface area contributed by atoms with Crippen LogP contribution >= 0.6 is 12.4 Å². The van der Waals surface area contributed by atoms with Crippen molar-refractivity contribution in [2.45, 2.75) is 0 Å². The van der Waals surface area contributed by atoms with Crippen molar-refractivity contribution < 1.29 is 10.3 Å². The minimum absolute atomic E-state index is 0. The van der Waals surface area contributed by atoms with Crippen molar-refractivity contribution >= 4 is 18.3 Å². The molecule has 1 amide bonds. The van der Waals surface area contributed by atoms with Gasteiger partial charge in [0.15, 0.2) is 0 Å². The number of halogens is 1. The van der Waals surface area contributed by atoms with Crippen molar-refractivity contribution in [2.24, 2.45) is 5.73 Å². The Morgan fingerprint density at radius 1 is 1.71 bits per heavy atom. The Balaban J connectivity index is -0.0000000800. The molecule has 0 aliphatic carbocycles. The Bertz CT molecular complexity index is 64.0. The van der Waals surface area contributed by atoms with Crippen LogP contribution in [0.4, 0.5) is 0 Å². The lowest BCUT2D eigenvalue weighted by atomic mass is 10.6. The van der Waals surface area contributed by atoms with Crippen LogP contribution in [-0.2, 0) is 4.79 Å². The second-order valence-corrected chi connectivity index (χ2v) is 0.606. The van der Waals surface area contributed by atoms with Crippen molar-refractivity contribution in [3.05, 3.63) is 12.7 Å². The monoisotopic (exact) mass is 125 g/mol. The van der Waals surface area contributed by atoms with E-state index >= 15 is 0 Å². The molecule has 0 aromatic heterocycles. The van der Waals surface area contributed by atoms with Gasteiger partial charge in [0, 0.05) is 0 Å². The second kappa shape index (κ2) is 9.07. The molecule has 4 N–H and O–H groups in total. The summed E-state index contributed by atoms with van der Waals surface area (Å²) >= 11 is 0. The Labute approximate surface area is 47.9 Å². The highest BCUT2D eigenvalue weighted by atomic mass is 35.5. The molecule has 0 aromatic carbocycles. The van der Waals surface area contributed by atoms with Gasteiger partial charge in [0.1, 0.15) is 0 Å². The van der Waals surface area contributed by atoms with E-state index in [2.05, 4.69) is 12.3 Å². The number of rotatable bonds is 1. The maximum Gasteiger partial charge on any atom is 0.240 e. The summed E-state index contributed by atoms with van der Waals surface area (Å²) in [5, 5.41) is 0. The van der Waals surface area contributed by atoms with Gasteiger partial charge in [-0.2, -0.15) is 0 Å². The number of amides is 1. The first kappa shape index (κ1) is 16.1. The van der Waals surface area contributed by atoms with Gasteiger partial charge in [0.25, 0.3) is 0 Å². The van der Waals surface area contributed by atoms with E-state index in [0.29, 0.717) is 0 Å². The van der Waals surface area contributed by atoms with Crippen LogP contribution in [0, 0.1) is 0 Å². The molecule has 0 heterocycles. The van der Waals surface area contributed by atoms with Crippen LogP contribution in [0.1, 0.15) is 0 Å². The summed E-state index contributed by atoms with van der Waals surface area (Å²) in [6, 6.07) is 0. The van der Waals surface area contributed by atoms with E-state index in [1.165, 1.54) is 0 Å². The summed E-state index contributed by atoms with van der Waals surface area (Å²) in [7, 11) is 0. The standard InChI is InChI=1S/C3H5NO.ClH.H2O/c1-2-3(4)5;;/h2H,1H2,(H2,4,5);1H;1H2. The average molecular weight is 126 g/mol. The maximum absolute atomic E-state index is 9.47. The highest BCUT2D eigenvalue weighted by molar-refractivity contribution is 5.85. The van der Waals surface area contributed by atoms with E-state index in [1.54, 1.807) is 0 Å². The SMILES string of the molecule is C=CC(N)=O.Cl.O. The van der Waals surface area contributed by atoms with E-state index in [0.717, 1.165) is 6.08 Å². The molecule has 4 heteroatoms. The lowest BCUT2D eigenvalue weighted by molar-refractivity contribution is -0.113. The summed E-state index contributed by atoms with van der Waals surface area (Å²) in [5.74, 6) is -0.481. The van der Waals surface area contributed by atoms with Gasteiger partial charge in [0.05, 0.1) is 0 Å². The Hall–Kier alpha value is -0.540. The molecule has 0 bridgehead atoms. The molecule has 3 nitrogen and oxygen atoms in total. The summed E-state index contributed by atoms with van der Waals surface area (Å²) < 4.78 is 0. The third-order valence-electron chi connectivity index (χ3n) is 0.201. The molecule has 0 radical (unpaired) electrons. The normalized spacial score (nSPS) is 4.57. The zero-order chi connectivity index (χ0) is 4.28. The van der Waals surface area contributed by atoms with E-state index < -0.39 is 5.91 Å². The number of carbonyl (C=O) groups excluding carboxylic acids is 1. The number of carbonyl (C=O) groups is 1. The van der Waals surface area contributed by atoms with E-state index in [9.17, 15) is 4.79 Å². The molecule has 0 aliphatic rings. The van der Waals surface area contributed by atoms with Crippen LogP contribution in [0.3, 0.4) is 0 Å². The van der Waals surface area contributed by atoms with E-state index in [4.69, 9.17) is 0 Å². The first-order valence-corrected chi connectivity index (χ1v) is 1.19. The van der Waals surface area contributed by atoms with Crippen LogP contribution in [0.25, 0.3) is 0 Å². The van der Waals surface area contributed by atoms with Crippen molar-refractivity contribution in [1.29, 1.82) is 0 Å². The smallest absolute Gasteiger partial charge is 0.240 e. The molecule has 0 atom stereocenters. The predicted molar refractivity (Wildman–Crippen MR) is 30.3 cm³/mol. The van der Waals surface area contributed by atoms with Gasteiger partial charge in [0.2, 0.25) is 5.91 Å². The maximum atomic E-state index is 9.47. The minimum Gasteiger partial charge on any atom is -0.412 e. The van der Waals surface area contributed by atoms with Gasteiger partial charge in [-0.1, -0.05) is 6.58 Å². The zero-order valence-electron chi connectivity index (χ0n) is 3.68. The number of hydrogen-bond donors (Lipinski definition) is 1. The third-order valence-corrected chi connectivity index (χ3v) is 0.201. The van der Waals surface area contributed by atoms with Crippen molar-refractivity contribution in [3.8, 4) is 0 Å². The summed E-state index contributed by atoms with van der Waals surface area (Å²) in [4.78, 5) is 9.47. The lowest BCUT2D eigenvalue weighted by Gasteiger charge is -1.65. The molecule has 0 saturated heterocycles. The van der Waals surface area contributed by atoms with Crippen molar-refractivity contribution in [3.63, 3.8) is 0 Å². The molecule has 0 saturated carbocycles. The van der Waals surface area contributed by atoms with Gasteiger partial charge in [-0.15, -0.1) is 12.4 Å². The quantitative estimate of drug-likeness (QED) is 0.461. The van der Waals surface area contributed by atoms with Gasteiger partial charge in [-0.3, -0.25) is 4.79 Å². The number of hydrogen-bond acceptors (Lipinski definition) is 1. The minimum atomic E-state index is -0.481. The largest absolute Gasteiger partial charge is 0.412 e. The number of primary amides is 1. The van der Waals surface area contributed by atoms with E-state index in [1.807, 2.05) is 0 Å². The lowest BCUT2D eigenvalue weighted by Crippen LogP contribution is -2.04. The molecular formula is C3H8ClNO2. The average Bonchev–Trinajstić information content (AvgIpc) is 1.38. The Morgan fingerprint density at radius 3 is 1.86 bits per heavy atom. The second-order valence-electron chi connectivity index (χ2n) is 0.606. The highest BCUT2D eigenvalue weighted by Crippen LogP contribution is 1.48. The Morgan fingerprint density at radius 2 is 1.86 bits per heavy atom. The molecule has 0 spiro atoms. The van der Waals surface area contributed by atoms with Crippen LogP contribution in [0.2, 0.25) is 0 Å². The molecule has 0 aliphatic heterocycles. The number of nitrogens with two attached hydrogens (primary N) is 1. The first-order valence-electron chi connectivity index (χ1n) is 1.19.